The Hall–Kier alpha value is -2.48. The molecule has 5 nitrogen and oxygen atoms in total. The van der Waals surface area contributed by atoms with Gasteiger partial charge in [-0.1, -0.05) is 91.0 Å². The molecule has 0 spiro atoms. The van der Waals surface area contributed by atoms with Crippen molar-refractivity contribution in [3.63, 3.8) is 0 Å². The molecule has 0 radical (unpaired) electrons. The van der Waals surface area contributed by atoms with Crippen LogP contribution in [-0.2, 0) is 4.79 Å². The van der Waals surface area contributed by atoms with Crippen LogP contribution < -0.4 is 10.2 Å². The van der Waals surface area contributed by atoms with Gasteiger partial charge in [-0.15, -0.1) is 0 Å². The number of hydrogen-bond donors (Lipinski definition) is 1. The van der Waals surface area contributed by atoms with E-state index in [1.54, 1.807) is 6.20 Å². The highest BCUT2D eigenvalue weighted by molar-refractivity contribution is 14.1. The number of carbonyl (C=O) groups excluding carboxylic acids is 1. The molecule has 1 aromatic heterocycles. The maximum absolute atomic E-state index is 11.8. The summed E-state index contributed by atoms with van der Waals surface area (Å²) in [6.45, 7) is 4.33. The maximum atomic E-state index is 11.8. The number of benzene rings is 2. The molecule has 0 saturated heterocycles. The molecule has 2 aromatic carbocycles. The monoisotopic (exact) mass is 484 g/mol. The van der Waals surface area contributed by atoms with Gasteiger partial charge in [0, 0.05) is 5.56 Å². The predicted molar refractivity (Wildman–Crippen MR) is 121 cm³/mol. The van der Waals surface area contributed by atoms with E-state index >= 15 is 0 Å². The van der Waals surface area contributed by atoms with E-state index in [4.69, 9.17) is 4.98 Å². The number of halogens is 1. The molecule has 0 fully saturated rings. The van der Waals surface area contributed by atoms with Gasteiger partial charge in [0.1, 0.15) is 4.05 Å². The van der Waals surface area contributed by atoms with Gasteiger partial charge in [0.25, 0.3) is 0 Å². The van der Waals surface area contributed by atoms with Crippen LogP contribution in [0.5, 0.6) is 0 Å². The van der Waals surface area contributed by atoms with Gasteiger partial charge in [0.15, 0.2) is 24.1 Å². The Kier molecular flexibility index (Phi) is 5.30. The van der Waals surface area contributed by atoms with Gasteiger partial charge >= 0.3 is 0 Å². The third kappa shape index (κ3) is 3.37. The quantitative estimate of drug-likeness (QED) is 0.235. The summed E-state index contributed by atoms with van der Waals surface area (Å²) in [5.41, 5.74) is 4.13. The number of nitrogens with one attached hydrogen (secondary N) is 1. The lowest BCUT2D eigenvalue weighted by atomic mass is 9.97. The summed E-state index contributed by atoms with van der Waals surface area (Å²) >= 11 is 2.36. The average Bonchev–Trinajstić information content (AvgIpc) is 3.11. The highest BCUT2D eigenvalue weighted by atomic mass is 127. The summed E-state index contributed by atoms with van der Waals surface area (Å²) < 4.78 is -0.0363. The molecule has 4 rings (SSSR count). The number of aromatic nitrogens is 2. The van der Waals surface area contributed by atoms with Crippen LogP contribution in [0.4, 0.5) is 11.5 Å². The Morgan fingerprint density at radius 2 is 1.82 bits per heavy atom. The van der Waals surface area contributed by atoms with Gasteiger partial charge in [-0.05, 0) is 17.0 Å². The normalized spacial score (nSPS) is 16.6. The summed E-state index contributed by atoms with van der Waals surface area (Å²) in [6, 6.07) is 18.3. The number of rotatable bonds is 5. The van der Waals surface area contributed by atoms with Crippen LogP contribution in [0, 0.1) is 0 Å². The highest BCUT2D eigenvalue weighted by Crippen LogP contribution is 2.42. The summed E-state index contributed by atoms with van der Waals surface area (Å²) in [5, 5.41) is 3.23. The molecule has 142 valence electrons. The number of anilines is 2. The van der Waals surface area contributed by atoms with Crippen molar-refractivity contribution in [3.8, 4) is 11.4 Å². The third-order valence-electron chi connectivity index (χ3n) is 4.89. The van der Waals surface area contributed by atoms with Crippen molar-refractivity contribution < 1.29 is 4.79 Å². The van der Waals surface area contributed by atoms with E-state index in [9.17, 15) is 4.79 Å². The zero-order valence-electron chi connectivity index (χ0n) is 15.7. The van der Waals surface area contributed by atoms with Crippen molar-refractivity contribution in [2.45, 2.75) is 30.0 Å². The first kappa shape index (κ1) is 18.9. The summed E-state index contributed by atoms with van der Waals surface area (Å²) in [4.78, 5) is 23.2. The lowest BCUT2D eigenvalue weighted by Crippen LogP contribution is -2.38. The van der Waals surface area contributed by atoms with Crippen LogP contribution in [0.3, 0.4) is 0 Å². The predicted octanol–water partition coefficient (Wildman–Crippen LogP) is 5.16. The van der Waals surface area contributed by atoms with Crippen molar-refractivity contribution in [1.82, 2.24) is 9.97 Å². The van der Waals surface area contributed by atoms with Crippen LogP contribution in [0.25, 0.3) is 11.4 Å². The number of aldehydes is 1. The molecule has 2 heterocycles. The lowest BCUT2D eigenvalue weighted by molar-refractivity contribution is -0.108. The number of hydrogen-bond acceptors (Lipinski definition) is 5. The Balaban J connectivity index is 1.79. The summed E-state index contributed by atoms with van der Waals surface area (Å²) in [7, 11) is 0. The first-order valence-corrected chi connectivity index (χ1v) is 10.5. The molecule has 0 amide bonds. The van der Waals surface area contributed by atoms with Crippen molar-refractivity contribution in [1.29, 1.82) is 0 Å². The lowest BCUT2D eigenvalue weighted by Gasteiger charge is -2.28. The number of nitrogens with zero attached hydrogens (tertiary/aromatic N) is 3. The number of fused-ring (bicyclic) bond motifs is 1. The van der Waals surface area contributed by atoms with Crippen LogP contribution in [-0.4, -0.2) is 22.4 Å². The molecular formula is C22H21IN4O. The van der Waals surface area contributed by atoms with Gasteiger partial charge in [-0.3, -0.25) is 4.79 Å². The average molecular weight is 484 g/mol. The molecule has 1 aliphatic heterocycles. The molecular weight excluding hydrogens is 463 g/mol. The molecule has 0 aliphatic carbocycles. The second-order valence-electron chi connectivity index (χ2n) is 7.05. The SMILES string of the molecule is CC(C)c1ccccc1-c1ncc2c(n1)N(C(I)c1ccccc1)C(C=O)N2. The Bertz CT molecular complexity index is 993. The van der Waals surface area contributed by atoms with Crippen molar-refractivity contribution in [3.05, 3.63) is 71.9 Å². The van der Waals surface area contributed by atoms with Crippen LogP contribution >= 0.6 is 22.6 Å². The largest absolute Gasteiger partial charge is 0.355 e. The smallest absolute Gasteiger partial charge is 0.162 e. The fourth-order valence-corrected chi connectivity index (χ4v) is 4.51. The molecule has 0 saturated carbocycles. The van der Waals surface area contributed by atoms with Crippen molar-refractivity contribution in [2.24, 2.45) is 0 Å². The molecule has 1 aliphatic rings. The molecule has 0 bridgehead atoms. The zero-order chi connectivity index (χ0) is 19.7. The number of carbonyl (C=O) groups is 1. The Morgan fingerprint density at radius 3 is 2.54 bits per heavy atom. The van der Waals surface area contributed by atoms with Crippen molar-refractivity contribution >= 4 is 40.4 Å². The molecule has 3 aromatic rings. The Labute approximate surface area is 178 Å². The van der Waals surface area contributed by atoms with E-state index in [1.807, 2.05) is 35.2 Å². The van der Waals surface area contributed by atoms with E-state index < -0.39 is 6.17 Å². The summed E-state index contributed by atoms with van der Waals surface area (Å²) in [5.74, 6) is 1.80. The van der Waals surface area contributed by atoms with Crippen molar-refractivity contribution in [2.75, 3.05) is 10.2 Å². The number of alkyl halides is 1. The van der Waals surface area contributed by atoms with E-state index in [2.05, 4.69) is 71.0 Å². The first-order valence-electron chi connectivity index (χ1n) is 9.25. The standard InChI is InChI=1S/C22H21IN4O/c1-14(2)16-10-6-7-11-17(16)21-24-12-18-22(26-21)27(19(13-28)25-18)20(23)15-8-4-3-5-9-15/h3-14,19-20,25H,1-2H3. The molecule has 6 heteroatoms. The maximum Gasteiger partial charge on any atom is 0.162 e. The first-order chi connectivity index (χ1) is 13.6. The Morgan fingerprint density at radius 1 is 1.11 bits per heavy atom. The van der Waals surface area contributed by atoms with Gasteiger partial charge in [0.2, 0.25) is 0 Å². The van der Waals surface area contributed by atoms with E-state index in [1.165, 1.54) is 5.56 Å². The van der Waals surface area contributed by atoms with E-state index in [-0.39, 0.29) is 4.05 Å². The van der Waals surface area contributed by atoms with Gasteiger partial charge in [-0.25, -0.2) is 9.97 Å². The minimum Gasteiger partial charge on any atom is -0.355 e. The molecule has 28 heavy (non-hydrogen) atoms. The van der Waals surface area contributed by atoms with Gasteiger partial charge in [-0.2, -0.15) is 0 Å². The molecule has 1 N–H and O–H groups in total. The second kappa shape index (κ2) is 7.87. The van der Waals surface area contributed by atoms with Gasteiger partial charge < -0.3 is 10.2 Å². The zero-order valence-corrected chi connectivity index (χ0v) is 17.9. The third-order valence-corrected chi connectivity index (χ3v) is 6.21. The topological polar surface area (TPSA) is 58.1 Å². The fourth-order valence-electron chi connectivity index (χ4n) is 3.49. The van der Waals surface area contributed by atoms with Gasteiger partial charge in [0.05, 0.1) is 11.9 Å². The molecule has 2 unspecified atom stereocenters. The second-order valence-corrected chi connectivity index (χ2v) is 8.23. The molecule has 2 atom stereocenters. The van der Waals surface area contributed by atoms with Crippen LogP contribution in [0.2, 0.25) is 0 Å². The fraction of sp³-hybridized carbons (Fsp3) is 0.227. The minimum absolute atomic E-state index is 0.0363. The van der Waals surface area contributed by atoms with E-state index in [0.717, 1.165) is 28.9 Å². The minimum atomic E-state index is -0.470. The van der Waals surface area contributed by atoms with Crippen LogP contribution in [0.15, 0.2) is 60.8 Å². The summed E-state index contributed by atoms with van der Waals surface area (Å²) in [6.07, 6.45) is 2.22. The van der Waals surface area contributed by atoms with Crippen LogP contribution in [0.1, 0.15) is 34.9 Å². The van der Waals surface area contributed by atoms with E-state index in [0.29, 0.717) is 11.7 Å². The highest BCUT2D eigenvalue weighted by Gasteiger charge is 2.35.